The number of unbranched alkanes of at least 4 members (excludes halogenated alkanes) is 10. The SMILES string of the molecule is CC/C=C\C/C=C\C/C=C\C/C=C\C/C=C\CCCC(=O)NC(COC1OC(CO)C(OC2OC(CO)C(OC3OC(CO)C(O)C(O)C3O)C(O)C2O)C(O)C1O)C(O)CCCCCCCCCCCC. The maximum atomic E-state index is 13.2. The lowest BCUT2D eigenvalue weighted by Crippen LogP contribution is -2.66. The number of rotatable bonds is 36. The molecule has 1 amide bonds. The summed E-state index contributed by atoms with van der Waals surface area (Å²) in [4.78, 5) is 13.2. The van der Waals surface area contributed by atoms with Crippen molar-refractivity contribution in [3.05, 3.63) is 60.8 Å². The van der Waals surface area contributed by atoms with E-state index in [1.165, 1.54) is 32.1 Å². The van der Waals surface area contributed by atoms with Gasteiger partial charge in [-0.25, -0.2) is 0 Å². The molecule has 3 fully saturated rings. The smallest absolute Gasteiger partial charge is 0.220 e. The molecule has 3 rings (SSSR count). The standard InChI is InChI=1S/C53H91NO18/c1-3-5-7-9-11-13-15-16-17-18-19-20-21-23-25-27-29-31-41(59)54-36(37(58)30-28-26-24-22-14-12-10-8-6-4-2)35-67-51-47(65)44(62)49(39(33-56)69-51)72-53-48(66)45(63)50(40(34-57)70-53)71-52-46(64)43(61)42(60)38(32-55)68-52/h5,7,11,13,16-17,19-20,23,25,36-40,42-53,55-58,60-66H,3-4,6,8-10,12,14-15,18,21-22,24,26-35H2,1-2H3,(H,54,59)/b7-5-,13-11-,17-16-,20-19-,25-23-. The third kappa shape index (κ3) is 22.4. The molecule has 0 saturated carbocycles. The van der Waals surface area contributed by atoms with Crippen molar-refractivity contribution in [3.63, 3.8) is 0 Å². The third-order valence-corrected chi connectivity index (χ3v) is 13.1. The number of ether oxygens (including phenoxy) is 6. The van der Waals surface area contributed by atoms with Crippen molar-refractivity contribution < 1.29 is 89.4 Å². The zero-order valence-corrected chi connectivity index (χ0v) is 42.6. The minimum Gasteiger partial charge on any atom is -0.394 e. The average molecular weight is 1030 g/mol. The molecule has 3 heterocycles. The highest BCUT2D eigenvalue weighted by atomic mass is 16.8. The first kappa shape index (κ1) is 63.8. The number of hydrogen-bond donors (Lipinski definition) is 12. The van der Waals surface area contributed by atoms with Gasteiger partial charge in [0.2, 0.25) is 5.91 Å². The van der Waals surface area contributed by atoms with Gasteiger partial charge in [-0.1, -0.05) is 139 Å². The molecule has 3 aliphatic heterocycles. The minimum absolute atomic E-state index is 0.185. The Labute approximate surface area is 426 Å². The molecule has 0 aliphatic carbocycles. The minimum atomic E-state index is -1.98. The molecule has 0 aromatic rings. The number of aliphatic hydroxyl groups is 11. The topological polar surface area (TPSA) is 307 Å². The van der Waals surface area contributed by atoms with Gasteiger partial charge in [0.1, 0.15) is 73.2 Å². The Bertz CT molecular complexity index is 1560. The third-order valence-electron chi connectivity index (χ3n) is 13.1. The fourth-order valence-electron chi connectivity index (χ4n) is 8.70. The van der Waals surface area contributed by atoms with Crippen molar-refractivity contribution in [2.24, 2.45) is 0 Å². The van der Waals surface area contributed by atoms with Crippen LogP contribution in [0.2, 0.25) is 0 Å². The molecular formula is C53H91NO18. The summed E-state index contributed by atoms with van der Waals surface area (Å²) in [6.07, 6.45) is 12.0. The number of carbonyl (C=O) groups excluding carboxylic acids is 1. The molecule has 416 valence electrons. The Hall–Kier alpha value is -2.51. The Morgan fingerprint density at radius 3 is 1.44 bits per heavy atom. The van der Waals surface area contributed by atoms with E-state index < -0.39 is 124 Å². The molecule has 17 unspecified atom stereocenters. The summed E-state index contributed by atoms with van der Waals surface area (Å²) in [5, 5.41) is 120. The largest absolute Gasteiger partial charge is 0.394 e. The summed E-state index contributed by atoms with van der Waals surface area (Å²) >= 11 is 0. The number of carbonyl (C=O) groups is 1. The van der Waals surface area contributed by atoms with Gasteiger partial charge in [-0.2, -0.15) is 0 Å². The molecule has 0 aromatic carbocycles. The zero-order chi connectivity index (χ0) is 52.7. The van der Waals surface area contributed by atoms with Gasteiger partial charge >= 0.3 is 0 Å². The van der Waals surface area contributed by atoms with Crippen molar-refractivity contribution in [3.8, 4) is 0 Å². The van der Waals surface area contributed by atoms with Crippen LogP contribution >= 0.6 is 0 Å². The van der Waals surface area contributed by atoms with Crippen LogP contribution in [0.15, 0.2) is 60.8 Å². The van der Waals surface area contributed by atoms with E-state index in [0.717, 1.165) is 57.8 Å². The fourth-order valence-corrected chi connectivity index (χ4v) is 8.70. The maximum Gasteiger partial charge on any atom is 0.220 e. The van der Waals surface area contributed by atoms with E-state index in [9.17, 15) is 61.0 Å². The van der Waals surface area contributed by atoms with Gasteiger partial charge in [0.25, 0.3) is 0 Å². The Balaban J connectivity index is 1.55. The average Bonchev–Trinajstić information content (AvgIpc) is 3.37. The van der Waals surface area contributed by atoms with Gasteiger partial charge in [-0.15, -0.1) is 0 Å². The van der Waals surface area contributed by atoms with Crippen LogP contribution in [0.5, 0.6) is 0 Å². The molecule has 72 heavy (non-hydrogen) atoms. The van der Waals surface area contributed by atoms with Gasteiger partial charge in [0.05, 0.1) is 38.6 Å². The second kappa shape index (κ2) is 37.3. The molecule has 3 saturated heterocycles. The monoisotopic (exact) mass is 1030 g/mol. The van der Waals surface area contributed by atoms with Crippen molar-refractivity contribution in [2.45, 2.75) is 240 Å². The van der Waals surface area contributed by atoms with Crippen LogP contribution in [0.3, 0.4) is 0 Å². The van der Waals surface area contributed by atoms with Crippen molar-refractivity contribution in [1.82, 2.24) is 5.32 Å². The summed E-state index contributed by atoms with van der Waals surface area (Å²) in [6, 6.07) is -0.917. The molecular weight excluding hydrogens is 939 g/mol. The predicted octanol–water partition coefficient (Wildman–Crippen LogP) is 2.53. The summed E-state index contributed by atoms with van der Waals surface area (Å²) < 4.78 is 34.1. The van der Waals surface area contributed by atoms with E-state index >= 15 is 0 Å². The lowest BCUT2D eigenvalue weighted by molar-refractivity contribution is -0.379. The second-order valence-corrected chi connectivity index (χ2v) is 19.0. The molecule has 12 N–H and O–H groups in total. The highest BCUT2D eigenvalue weighted by Gasteiger charge is 2.53. The first-order valence-corrected chi connectivity index (χ1v) is 26.5. The van der Waals surface area contributed by atoms with E-state index in [1.807, 2.05) is 6.08 Å². The van der Waals surface area contributed by atoms with Gasteiger partial charge < -0.3 is 89.9 Å². The van der Waals surface area contributed by atoms with E-state index in [-0.39, 0.29) is 18.9 Å². The first-order chi connectivity index (χ1) is 34.8. The molecule has 19 nitrogen and oxygen atoms in total. The molecule has 3 aliphatic rings. The molecule has 0 radical (unpaired) electrons. The zero-order valence-electron chi connectivity index (χ0n) is 42.6. The van der Waals surface area contributed by atoms with Crippen molar-refractivity contribution >= 4 is 5.91 Å². The van der Waals surface area contributed by atoms with Crippen LogP contribution in [-0.2, 0) is 33.2 Å². The molecule has 19 heteroatoms. The summed E-state index contributed by atoms with van der Waals surface area (Å²) in [5.74, 6) is -0.305. The molecule has 0 aromatic heterocycles. The Morgan fingerprint density at radius 1 is 0.514 bits per heavy atom. The lowest BCUT2D eigenvalue weighted by atomic mass is 9.96. The quantitative estimate of drug-likeness (QED) is 0.0317. The van der Waals surface area contributed by atoms with Crippen molar-refractivity contribution in [1.29, 1.82) is 0 Å². The van der Waals surface area contributed by atoms with Gasteiger partial charge in [0.15, 0.2) is 18.9 Å². The normalized spacial score (nSPS) is 32.5. The van der Waals surface area contributed by atoms with E-state index in [2.05, 4.69) is 73.8 Å². The summed E-state index contributed by atoms with van der Waals surface area (Å²) in [5.41, 5.74) is 0. The molecule has 0 bridgehead atoms. The van der Waals surface area contributed by atoms with Crippen LogP contribution in [0.25, 0.3) is 0 Å². The number of nitrogens with one attached hydrogen (secondary N) is 1. The van der Waals surface area contributed by atoms with Crippen LogP contribution in [0.4, 0.5) is 0 Å². The van der Waals surface area contributed by atoms with E-state index in [1.54, 1.807) is 0 Å². The number of aliphatic hydroxyl groups excluding tert-OH is 11. The number of allylic oxidation sites excluding steroid dienone is 10. The second-order valence-electron chi connectivity index (χ2n) is 19.0. The van der Waals surface area contributed by atoms with Gasteiger partial charge in [-0.3, -0.25) is 4.79 Å². The van der Waals surface area contributed by atoms with E-state index in [4.69, 9.17) is 28.4 Å². The van der Waals surface area contributed by atoms with E-state index in [0.29, 0.717) is 25.7 Å². The predicted molar refractivity (Wildman–Crippen MR) is 268 cm³/mol. The van der Waals surface area contributed by atoms with Crippen LogP contribution in [-0.4, -0.2) is 193 Å². The molecule has 0 spiro atoms. The van der Waals surface area contributed by atoms with Gasteiger partial charge in [-0.05, 0) is 51.4 Å². The number of hydrogen-bond acceptors (Lipinski definition) is 18. The highest BCUT2D eigenvalue weighted by Crippen LogP contribution is 2.33. The highest BCUT2D eigenvalue weighted by molar-refractivity contribution is 5.76. The Kier molecular flexibility index (Phi) is 33.0. The van der Waals surface area contributed by atoms with Crippen LogP contribution in [0.1, 0.15) is 136 Å². The molecule has 17 atom stereocenters. The summed E-state index contributed by atoms with van der Waals surface area (Å²) in [7, 11) is 0. The Morgan fingerprint density at radius 2 is 0.944 bits per heavy atom. The van der Waals surface area contributed by atoms with Crippen LogP contribution < -0.4 is 5.32 Å². The van der Waals surface area contributed by atoms with Crippen molar-refractivity contribution in [2.75, 3.05) is 26.4 Å². The maximum absolute atomic E-state index is 13.2. The fraction of sp³-hybridized carbons (Fsp3) is 0.792. The van der Waals surface area contributed by atoms with Gasteiger partial charge in [0, 0.05) is 6.42 Å². The van der Waals surface area contributed by atoms with Crippen LogP contribution in [0, 0.1) is 0 Å². The lowest BCUT2D eigenvalue weighted by Gasteiger charge is -2.48. The summed E-state index contributed by atoms with van der Waals surface area (Å²) in [6.45, 7) is 1.56. The number of amides is 1. The first-order valence-electron chi connectivity index (χ1n) is 26.5.